The van der Waals surface area contributed by atoms with Crippen molar-refractivity contribution in [2.45, 2.75) is 19.0 Å². The fraction of sp³-hybridized carbons (Fsp3) is 0.529. The molecule has 2 aliphatic heterocycles. The molecule has 0 aliphatic carbocycles. The monoisotopic (exact) mass is 357 g/mol. The summed E-state index contributed by atoms with van der Waals surface area (Å²) in [6.07, 6.45) is -4.42. The van der Waals surface area contributed by atoms with Crippen LogP contribution in [0.2, 0.25) is 0 Å². The van der Waals surface area contributed by atoms with E-state index in [4.69, 9.17) is 4.74 Å². The van der Waals surface area contributed by atoms with E-state index in [1.54, 1.807) is 0 Å². The molecule has 0 aromatic heterocycles. The number of carboxylic acids is 1. The molecule has 0 unspecified atom stereocenters. The molecule has 2 atom stereocenters. The van der Waals surface area contributed by atoms with Crippen molar-refractivity contribution in [3.8, 4) is 0 Å². The Morgan fingerprint density at radius 1 is 1.32 bits per heavy atom. The minimum absolute atomic E-state index is 0.0237. The van der Waals surface area contributed by atoms with Crippen LogP contribution in [0.1, 0.15) is 17.5 Å². The van der Waals surface area contributed by atoms with Crippen molar-refractivity contribution in [1.82, 2.24) is 4.90 Å². The molecule has 0 bridgehead atoms. The molecule has 2 heterocycles. The Hall–Kier alpha value is -2.09. The van der Waals surface area contributed by atoms with Gasteiger partial charge in [0.15, 0.2) is 0 Å². The van der Waals surface area contributed by atoms with Gasteiger partial charge in [-0.1, -0.05) is 18.2 Å². The molecule has 1 N–H and O–H groups in total. The lowest BCUT2D eigenvalue weighted by molar-refractivity contribution is -0.159. The molecule has 25 heavy (non-hydrogen) atoms. The minimum atomic E-state index is -4.54. The van der Waals surface area contributed by atoms with Gasteiger partial charge in [-0.2, -0.15) is 13.2 Å². The SMILES string of the molecule is O=C(Cc1ccccc1C(F)(F)F)N1C[C@@H]2CCOC[C@]2(C(=O)O)C1. The summed E-state index contributed by atoms with van der Waals surface area (Å²) in [4.78, 5) is 25.6. The van der Waals surface area contributed by atoms with E-state index >= 15 is 0 Å². The van der Waals surface area contributed by atoms with Crippen molar-refractivity contribution in [1.29, 1.82) is 0 Å². The number of benzene rings is 1. The van der Waals surface area contributed by atoms with Crippen molar-refractivity contribution in [2.75, 3.05) is 26.3 Å². The van der Waals surface area contributed by atoms with Gasteiger partial charge in [0, 0.05) is 19.7 Å². The zero-order valence-electron chi connectivity index (χ0n) is 13.4. The molecule has 3 rings (SSSR count). The van der Waals surface area contributed by atoms with Crippen molar-refractivity contribution in [3.63, 3.8) is 0 Å². The highest BCUT2D eigenvalue weighted by Crippen LogP contribution is 2.42. The second kappa shape index (κ2) is 6.33. The number of halogens is 3. The van der Waals surface area contributed by atoms with Gasteiger partial charge in [0.2, 0.25) is 5.91 Å². The molecule has 5 nitrogen and oxygen atoms in total. The number of carbonyl (C=O) groups is 2. The number of alkyl halides is 3. The highest BCUT2D eigenvalue weighted by molar-refractivity contribution is 5.83. The Morgan fingerprint density at radius 2 is 2.04 bits per heavy atom. The van der Waals surface area contributed by atoms with Crippen LogP contribution in [0.25, 0.3) is 0 Å². The van der Waals surface area contributed by atoms with E-state index < -0.39 is 35.5 Å². The van der Waals surface area contributed by atoms with Crippen molar-refractivity contribution in [3.05, 3.63) is 35.4 Å². The summed E-state index contributed by atoms with van der Waals surface area (Å²) in [5.41, 5.74) is -2.09. The smallest absolute Gasteiger partial charge is 0.416 e. The number of amides is 1. The van der Waals surface area contributed by atoms with E-state index in [2.05, 4.69) is 0 Å². The first-order chi connectivity index (χ1) is 11.7. The highest BCUT2D eigenvalue weighted by Gasteiger charge is 2.55. The largest absolute Gasteiger partial charge is 0.481 e. The van der Waals surface area contributed by atoms with Gasteiger partial charge in [0.25, 0.3) is 0 Å². The Bertz CT molecular complexity index is 691. The Kier molecular flexibility index (Phi) is 4.49. The molecule has 136 valence electrons. The predicted octanol–water partition coefficient (Wildman–Crippen LogP) is 2.20. The number of nitrogens with zero attached hydrogens (tertiary/aromatic N) is 1. The molecule has 0 saturated carbocycles. The number of hydrogen-bond donors (Lipinski definition) is 1. The Balaban J connectivity index is 1.79. The average Bonchev–Trinajstić information content (AvgIpc) is 2.95. The van der Waals surface area contributed by atoms with Gasteiger partial charge >= 0.3 is 12.1 Å². The Morgan fingerprint density at radius 3 is 2.68 bits per heavy atom. The van der Waals surface area contributed by atoms with Crippen LogP contribution in [-0.2, 0) is 26.9 Å². The van der Waals surface area contributed by atoms with Crippen molar-refractivity contribution in [2.24, 2.45) is 11.3 Å². The first kappa shape index (κ1) is 17.7. The number of ether oxygens (including phenoxy) is 1. The normalized spacial score (nSPS) is 26.4. The zero-order valence-corrected chi connectivity index (χ0v) is 13.4. The van der Waals surface area contributed by atoms with Gasteiger partial charge in [-0.05, 0) is 24.0 Å². The lowest BCUT2D eigenvalue weighted by atomic mass is 9.76. The lowest BCUT2D eigenvalue weighted by Crippen LogP contribution is -2.46. The molecule has 0 spiro atoms. The fourth-order valence-corrected chi connectivity index (χ4v) is 3.71. The summed E-state index contributed by atoms with van der Waals surface area (Å²) in [7, 11) is 0. The molecule has 2 saturated heterocycles. The summed E-state index contributed by atoms with van der Waals surface area (Å²) in [5, 5.41) is 9.57. The quantitative estimate of drug-likeness (QED) is 0.901. The number of hydrogen-bond acceptors (Lipinski definition) is 3. The van der Waals surface area contributed by atoms with Gasteiger partial charge in [-0.25, -0.2) is 0 Å². The van der Waals surface area contributed by atoms with Crippen molar-refractivity contribution >= 4 is 11.9 Å². The molecule has 1 amide bonds. The third kappa shape index (κ3) is 3.22. The van der Waals surface area contributed by atoms with E-state index in [-0.39, 0.29) is 31.2 Å². The van der Waals surface area contributed by atoms with E-state index in [0.29, 0.717) is 13.0 Å². The van der Waals surface area contributed by atoms with E-state index in [9.17, 15) is 27.9 Å². The van der Waals surface area contributed by atoms with Crippen LogP contribution >= 0.6 is 0 Å². The molecule has 8 heteroatoms. The van der Waals surface area contributed by atoms with E-state index in [0.717, 1.165) is 6.07 Å². The molecule has 0 radical (unpaired) electrons. The third-order valence-corrected chi connectivity index (χ3v) is 5.11. The summed E-state index contributed by atoms with van der Waals surface area (Å²) in [6.45, 7) is 0.664. The number of likely N-dealkylation sites (tertiary alicyclic amines) is 1. The maximum Gasteiger partial charge on any atom is 0.416 e. The van der Waals surface area contributed by atoms with Gasteiger partial charge in [-0.15, -0.1) is 0 Å². The number of carboxylic acid groups (broad SMARTS) is 1. The number of fused-ring (bicyclic) bond motifs is 1. The van der Waals surface area contributed by atoms with Crippen LogP contribution in [0.15, 0.2) is 24.3 Å². The number of rotatable bonds is 3. The van der Waals surface area contributed by atoms with Crippen LogP contribution in [0.4, 0.5) is 13.2 Å². The average molecular weight is 357 g/mol. The summed E-state index contributed by atoms with van der Waals surface area (Å²) >= 11 is 0. The van der Waals surface area contributed by atoms with Crippen molar-refractivity contribution < 1.29 is 32.6 Å². The van der Waals surface area contributed by atoms with Crippen LogP contribution in [0.5, 0.6) is 0 Å². The molecule has 2 aliphatic rings. The first-order valence-electron chi connectivity index (χ1n) is 7.98. The number of carbonyl (C=O) groups excluding carboxylic acids is 1. The van der Waals surface area contributed by atoms with Crippen LogP contribution in [0.3, 0.4) is 0 Å². The van der Waals surface area contributed by atoms with Gasteiger partial charge in [-0.3, -0.25) is 9.59 Å². The summed E-state index contributed by atoms with van der Waals surface area (Å²) < 4.78 is 44.5. The highest BCUT2D eigenvalue weighted by atomic mass is 19.4. The van der Waals surface area contributed by atoms with Gasteiger partial charge in [0.05, 0.1) is 18.6 Å². The van der Waals surface area contributed by atoms with Crippen LogP contribution < -0.4 is 0 Å². The van der Waals surface area contributed by atoms with E-state index in [1.165, 1.54) is 23.1 Å². The van der Waals surface area contributed by atoms with Crippen LogP contribution in [-0.4, -0.2) is 48.2 Å². The zero-order chi connectivity index (χ0) is 18.2. The molecule has 1 aromatic carbocycles. The third-order valence-electron chi connectivity index (χ3n) is 5.11. The summed E-state index contributed by atoms with van der Waals surface area (Å²) in [5.74, 6) is -1.75. The second-order valence-electron chi connectivity index (χ2n) is 6.61. The van der Waals surface area contributed by atoms with Crippen LogP contribution in [0, 0.1) is 11.3 Å². The first-order valence-corrected chi connectivity index (χ1v) is 7.98. The van der Waals surface area contributed by atoms with E-state index in [1.807, 2.05) is 0 Å². The molecular weight excluding hydrogens is 339 g/mol. The van der Waals surface area contributed by atoms with Gasteiger partial charge < -0.3 is 14.7 Å². The minimum Gasteiger partial charge on any atom is -0.481 e. The Labute approximate surface area is 142 Å². The maximum absolute atomic E-state index is 13.1. The standard InChI is InChI=1S/C17H18F3NO4/c18-17(19,20)13-4-2-1-3-11(13)7-14(22)21-8-12-5-6-25-10-16(12,9-21)15(23)24/h1-4,12H,5-10H2,(H,23,24)/t12-,16+/m0/s1. The maximum atomic E-state index is 13.1. The fourth-order valence-electron chi connectivity index (χ4n) is 3.71. The molecule has 1 aromatic rings. The predicted molar refractivity (Wildman–Crippen MR) is 80.7 cm³/mol. The second-order valence-corrected chi connectivity index (χ2v) is 6.61. The topological polar surface area (TPSA) is 66.8 Å². The lowest BCUT2D eigenvalue weighted by Gasteiger charge is -2.33. The van der Waals surface area contributed by atoms with Gasteiger partial charge in [0.1, 0.15) is 5.41 Å². The molecular formula is C17H18F3NO4. The number of aliphatic carboxylic acids is 1. The summed E-state index contributed by atoms with van der Waals surface area (Å²) in [6, 6.07) is 4.95. The molecule has 2 fully saturated rings.